The molecule has 4 aliphatic carbocycles. The molecule has 0 heterocycles. The normalized spacial score (nSPS) is 31.3. The Kier molecular flexibility index (Phi) is 10.9. The van der Waals surface area contributed by atoms with Crippen LogP contribution < -0.4 is 10.5 Å². The van der Waals surface area contributed by atoms with Gasteiger partial charge < -0.3 is 29.9 Å². The molecular weight excluding hydrogens is 624 g/mol. The number of unbranched alkanes of at least 4 members (excludes halogenated alkanes) is 1. The van der Waals surface area contributed by atoms with Crippen molar-refractivity contribution in [3.63, 3.8) is 0 Å². The van der Waals surface area contributed by atoms with Crippen molar-refractivity contribution >= 4 is 23.7 Å². The highest BCUT2D eigenvalue weighted by atomic mass is 16.9. The van der Waals surface area contributed by atoms with E-state index in [4.69, 9.17) is 19.9 Å². The third-order valence-electron chi connectivity index (χ3n) is 11.5. The summed E-state index contributed by atoms with van der Waals surface area (Å²) >= 11 is 0. The van der Waals surface area contributed by atoms with Gasteiger partial charge in [-0.25, -0.2) is 4.79 Å². The standard InChI is InChI=1S/C35H46N2O11/c1-34-14-13-23(38)18-22(34)7-10-25-26-11-12-27(35(26,2)19-29(39)31(25)34)30(40)20-46-33(42)48-24-8-5-21(6-9-24)17-28(36)32(41)45-15-3-4-16-47-37(43)44/h5-6,8-9,18,25-29,31,39H,3-4,7,10-17,19-20,36H2,1-2H3/t25-,26?,27?,28-,29-,31?,34-,35-/m0/s1. The highest BCUT2D eigenvalue weighted by Crippen LogP contribution is 2.66. The van der Waals surface area contributed by atoms with Crippen molar-refractivity contribution in [2.75, 3.05) is 19.8 Å². The number of carbonyl (C=O) groups is 4. The van der Waals surface area contributed by atoms with E-state index in [9.17, 15) is 34.4 Å². The van der Waals surface area contributed by atoms with E-state index in [2.05, 4.69) is 18.7 Å². The maximum Gasteiger partial charge on any atom is 0.514 e. The van der Waals surface area contributed by atoms with E-state index in [0.29, 0.717) is 37.7 Å². The number of aliphatic hydroxyl groups is 1. The first-order valence-corrected chi connectivity index (χ1v) is 16.9. The first-order chi connectivity index (χ1) is 22.8. The summed E-state index contributed by atoms with van der Waals surface area (Å²) in [4.78, 5) is 64.6. The summed E-state index contributed by atoms with van der Waals surface area (Å²) in [6, 6.07) is 5.42. The van der Waals surface area contributed by atoms with Crippen LogP contribution in [0.2, 0.25) is 0 Å². The maximum atomic E-state index is 13.5. The minimum Gasteiger partial charge on any atom is -0.465 e. The fourth-order valence-corrected chi connectivity index (χ4v) is 9.23. The van der Waals surface area contributed by atoms with Gasteiger partial charge in [-0.05, 0) is 110 Å². The van der Waals surface area contributed by atoms with Gasteiger partial charge >= 0.3 is 12.1 Å². The molecule has 13 nitrogen and oxygen atoms in total. The van der Waals surface area contributed by atoms with E-state index in [1.165, 1.54) is 17.7 Å². The maximum absolute atomic E-state index is 13.5. The first-order valence-electron chi connectivity index (χ1n) is 16.9. The van der Waals surface area contributed by atoms with Crippen molar-refractivity contribution < 1.29 is 48.4 Å². The van der Waals surface area contributed by atoms with Gasteiger partial charge in [0.15, 0.2) is 18.2 Å². The number of benzene rings is 1. The molecule has 4 aliphatic rings. The minimum absolute atomic E-state index is 0.0661. The highest BCUT2D eigenvalue weighted by molar-refractivity contribution is 5.91. The summed E-state index contributed by atoms with van der Waals surface area (Å²) < 4.78 is 15.6. The summed E-state index contributed by atoms with van der Waals surface area (Å²) in [6.07, 6.45) is 6.27. The van der Waals surface area contributed by atoms with Gasteiger partial charge in [-0.2, -0.15) is 0 Å². The third-order valence-corrected chi connectivity index (χ3v) is 11.5. The lowest BCUT2D eigenvalue weighted by Crippen LogP contribution is -2.57. The van der Waals surface area contributed by atoms with Gasteiger partial charge in [-0.1, -0.05) is 31.6 Å². The van der Waals surface area contributed by atoms with Gasteiger partial charge in [0.1, 0.15) is 11.8 Å². The fraction of sp³-hybridized carbons (Fsp3) is 0.657. The molecule has 0 aliphatic heterocycles. The van der Waals surface area contributed by atoms with Crippen LogP contribution in [0, 0.1) is 44.6 Å². The minimum atomic E-state index is -1.00. The molecule has 3 saturated carbocycles. The van der Waals surface area contributed by atoms with Crippen molar-refractivity contribution in [2.45, 2.75) is 90.2 Å². The van der Waals surface area contributed by atoms with E-state index < -0.39 is 41.4 Å². The monoisotopic (exact) mass is 670 g/mol. The number of Topliss-reactive ketones (excluding diaryl/α,β-unsaturated/α-hetero) is 1. The van der Waals surface area contributed by atoms with E-state index in [-0.39, 0.29) is 66.0 Å². The molecule has 13 heteroatoms. The summed E-state index contributed by atoms with van der Waals surface area (Å²) in [7, 11) is 0. The van der Waals surface area contributed by atoms with Crippen LogP contribution in [0.1, 0.15) is 77.2 Å². The number of hydrogen-bond acceptors (Lipinski definition) is 12. The molecule has 8 atom stereocenters. The van der Waals surface area contributed by atoms with Crippen molar-refractivity contribution in [1.82, 2.24) is 0 Å². The number of nitrogens with zero attached hydrogens (tertiary/aromatic N) is 1. The largest absolute Gasteiger partial charge is 0.514 e. The number of esters is 1. The van der Waals surface area contributed by atoms with Crippen LogP contribution in [-0.2, 0) is 35.1 Å². The number of ketones is 2. The predicted molar refractivity (Wildman–Crippen MR) is 170 cm³/mol. The second-order valence-electron chi connectivity index (χ2n) is 14.3. The molecule has 3 N–H and O–H groups in total. The lowest BCUT2D eigenvalue weighted by atomic mass is 9.46. The van der Waals surface area contributed by atoms with Crippen LogP contribution in [0.4, 0.5) is 4.79 Å². The Labute approximate surface area is 279 Å². The Morgan fingerprint density at radius 1 is 1.06 bits per heavy atom. The molecule has 5 rings (SSSR count). The number of carbonyl (C=O) groups excluding carboxylic acids is 4. The Balaban J connectivity index is 1.07. The second-order valence-corrected chi connectivity index (χ2v) is 14.3. The molecular formula is C35H46N2O11. The van der Waals surface area contributed by atoms with Crippen molar-refractivity contribution in [3.8, 4) is 5.75 Å². The number of rotatable bonds is 13. The van der Waals surface area contributed by atoms with Gasteiger partial charge in [0.25, 0.3) is 5.09 Å². The average Bonchev–Trinajstić information content (AvgIpc) is 3.38. The van der Waals surface area contributed by atoms with Crippen LogP contribution in [0.5, 0.6) is 5.75 Å². The van der Waals surface area contributed by atoms with E-state index in [1.54, 1.807) is 12.1 Å². The van der Waals surface area contributed by atoms with Crippen molar-refractivity contribution in [2.24, 2.45) is 40.2 Å². The number of hydrogen-bond donors (Lipinski definition) is 2. The van der Waals surface area contributed by atoms with Crippen LogP contribution in [0.15, 0.2) is 35.9 Å². The SMILES string of the molecule is C[C@]12C[C@H](O)C3[C@@H](CCC4=CC(=O)CC[C@@]43C)C1CCC2C(=O)COC(=O)Oc1ccc(C[C@H](N)C(=O)OCCCCO[N+](=O)[O-])cc1. The lowest BCUT2D eigenvalue weighted by Gasteiger charge is -2.59. The summed E-state index contributed by atoms with van der Waals surface area (Å²) in [5.41, 5.74) is 7.23. The zero-order valence-corrected chi connectivity index (χ0v) is 27.6. The summed E-state index contributed by atoms with van der Waals surface area (Å²) in [6.45, 7) is 3.88. The van der Waals surface area contributed by atoms with Gasteiger partial charge in [-0.15, -0.1) is 10.1 Å². The average molecular weight is 671 g/mol. The fourth-order valence-electron chi connectivity index (χ4n) is 9.23. The van der Waals surface area contributed by atoms with Crippen molar-refractivity contribution in [3.05, 3.63) is 51.6 Å². The number of fused-ring (bicyclic) bond motifs is 5. The molecule has 0 amide bonds. The van der Waals surface area contributed by atoms with Crippen LogP contribution >= 0.6 is 0 Å². The zero-order valence-electron chi connectivity index (χ0n) is 27.6. The lowest BCUT2D eigenvalue weighted by molar-refractivity contribution is -0.757. The Hall–Kier alpha value is -3.84. The molecule has 1 aromatic carbocycles. The number of nitrogens with two attached hydrogens (primary N) is 1. The smallest absolute Gasteiger partial charge is 0.465 e. The first kappa shape index (κ1) is 35.5. The number of ether oxygens (including phenoxy) is 3. The Morgan fingerprint density at radius 2 is 1.79 bits per heavy atom. The molecule has 3 fully saturated rings. The van der Waals surface area contributed by atoms with E-state index in [0.717, 1.165) is 25.7 Å². The van der Waals surface area contributed by atoms with E-state index >= 15 is 0 Å². The Bertz CT molecular complexity index is 1430. The molecule has 0 radical (unpaired) electrons. The van der Waals surface area contributed by atoms with Crippen LogP contribution in [0.25, 0.3) is 0 Å². The molecule has 262 valence electrons. The zero-order chi connectivity index (χ0) is 34.6. The van der Waals surface area contributed by atoms with Gasteiger partial charge in [-0.3, -0.25) is 14.4 Å². The quantitative estimate of drug-likeness (QED) is 0.0995. The molecule has 0 bridgehead atoms. The predicted octanol–water partition coefficient (Wildman–Crippen LogP) is 4.29. The highest BCUT2D eigenvalue weighted by Gasteiger charge is 2.63. The van der Waals surface area contributed by atoms with E-state index in [1.807, 2.05) is 6.08 Å². The van der Waals surface area contributed by atoms with Gasteiger partial charge in [0, 0.05) is 12.3 Å². The van der Waals surface area contributed by atoms with Crippen LogP contribution in [0.3, 0.4) is 0 Å². The topological polar surface area (TPSA) is 195 Å². The summed E-state index contributed by atoms with van der Waals surface area (Å²) in [5.74, 6) is -0.118. The number of allylic oxidation sites excluding steroid dienone is 1. The van der Waals surface area contributed by atoms with Crippen LogP contribution in [-0.4, -0.2) is 65.9 Å². The second kappa shape index (κ2) is 14.7. The number of aliphatic hydroxyl groups excluding tert-OH is 1. The molecule has 0 aromatic heterocycles. The summed E-state index contributed by atoms with van der Waals surface area (Å²) in [5, 5.41) is 20.8. The molecule has 48 heavy (non-hydrogen) atoms. The van der Waals surface area contributed by atoms with Crippen molar-refractivity contribution in [1.29, 1.82) is 0 Å². The Morgan fingerprint density at radius 3 is 2.52 bits per heavy atom. The molecule has 1 aromatic rings. The molecule has 0 saturated heterocycles. The van der Waals surface area contributed by atoms with Gasteiger partial charge in [0.2, 0.25) is 0 Å². The molecule has 0 spiro atoms. The third kappa shape index (κ3) is 7.57. The molecule has 3 unspecified atom stereocenters. The van der Waals surface area contributed by atoms with Gasteiger partial charge in [0.05, 0.1) is 19.3 Å².